The first kappa shape index (κ1) is 18.6. The number of aryl methyl sites for hydroxylation is 1. The molecule has 2 heterocycles. The second-order valence-electron chi connectivity index (χ2n) is 6.81. The summed E-state index contributed by atoms with van der Waals surface area (Å²) in [6, 6.07) is 0.0575. The van der Waals surface area contributed by atoms with Gasteiger partial charge in [0.25, 0.3) is 5.91 Å². The number of hydrogen-bond acceptors (Lipinski definition) is 3. The lowest BCUT2D eigenvalue weighted by atomic mass is 9.90. The van der Waals surface area contributed by atoms with Crippen LogP contribution >= 0.6 is 0 Å². The molecular formula is C19H31N3O2. The lowest BCUT2D eigenvalue weighted by molar-refractivity contribution is -0.130. The largest absolute Gasteiger partial charge is 0.503 e. The molecule has 134 valence electrons. The predicted octanol–water partition coefficient (Wildman–Crippen LogP) is 3.92. The number of amides is 1. The third kappa shape index (κ3) is 4.19. The molecule has 0 saturated heterocycles. The van der Waals surface area contributed by atoms with Gasteiger partial charge >= 0.3 is 0 Å². The second-order valence-corrected chi connectivity index (χ2v) is 6.81. The van der Waals surface area contributed by atoms with Gasteiger partial charge in [-0.3, -0.25) is 4.79 Å². The van der Waals surface area contributed by atoms with E-state index in [1.807, 2.05) is 15.7 Å². The zero-order valence-electron chi connectivity index (χ0n) is 15.2. The molecule has 1 aromatic heterocycles. The van der Waals surface area contributed by atoms with E-state index in [0.29, 0.717) is 12.5 Å². The SMILES string of the molecule is CCCCCC1=C(O)C(=O)N(CCCn2ccnc2)C1C(C)CC. The fraction of sp³-hybridized carbons (Fsp3) is 0.684. The zero-order valence-corrected chi connectivity index (χ0v) is 15.2. The van der Waals surface area contributed by atoms with Crippen molar-refractivity contribution < 1.29 is 9.90 Å². The van der Waals surface area contributed by atoms with E-state index in [9.17, 15) is 9.90 Å². The Morgan fingerprint density at radius 3 is 2.67 bits per heavy atom. The summed E-state index contributed by atoms with van der Waals surface area (Å²) in [5, 5.41) is 10.4. The first-order chi connectivity index (χ1) is 11.6. The van der Waals surface area contributed by atoms with Gasteiger partial charge in [-0.2, -0.15) is 0 Å². The number of nitrogens with zero attached hydrogens (tertiary/aromatic N) is 3. The summed E-state index contributed by atoms with van der Waals surface area (Å²) in [5.41, 5.74) is 0.963. The number of aromatic nitrogens is 2. The van der Waals surface area contributed by atoms with Crippen molar-refractivity contribution in [3.63, 3.8) is 0 Å². The van der Waals surface area contributed by atoms with Crippen LogP contribution in [-0.2, 0) is 11.3 Å². The molecule has 2 rings (SSSR count). The molecule has 0 bridgehead atoms. The van der Waals surface area contributed by atoms with E-state index in [1.165, 1.54) is 0 Å². The van der Waals surface area contributed by atoms with E-state index in [4.69, 9.17) is 0 Å². The van der Waals surface area contributed by atoms with Crippen LogP contribution in [0, 0.1) is 5.92 Å². The molecule has 0 aromatic carbocycles. The van der Waals surface area contributed by atoms with Gasteiger partial charge < -0.3 is 14.6 Å². The van der Waals surface area contributed by atoms with Gasteiger partial charge in [-0.05, 0) is 25.2 Å². The minimum absolute atomic E-state index is 0.0130. The van der Waals surface area contributed by atoms with Gasteiger partial charge in [-0.15, -0.1) is 0 Å². The van der Waals surface area contributed by atoms with Crippen molar-refractivity contribution in [2.75, 3.05) is 6.54 Å². The van der Waals surface area contributed by atoms with Gasteiger partial charge in [0, 0.05) is 31.1 Å². The number of hydrogen-bond donors (Lipinski definition) is 1. The van der Waals surface area contributed by atoms with Gasteiger partial charge in [-0.25, -0.2) is 4.98 Å². The molecule has 0 aliphatic carbocycles. The van der Waals surface area contributed by atoms with E-state index >= 15 is 0 Å². The average Bonchev–Trinajstić information content (AvgIpc) is 3.17. The summed E-state index contributed by atoms with van der Waals surface area (Å²) in [5.74, 6) is 0.194. The average molecular weight is 333 g/mol. The maximum Gasteiger partial charge on any atom is 0.289 e. The molecule has 0 spiro atoms. The van der Waals surface area contributed by atoms with Crippen LogP contribution < -0.4 is 0 Å². The van der Waals surface area contributed by atoms with Crippen molar-refractivity contribution >= 4 is 5.91 Å². The molecule has 1 amide bonds. The summed E-state index contributed by atoms with van der Waals surface area (Å²) in [6.45, 7) is 8.01. The summed E-state index contributed by atoms with van der Waals surface area (Å²) >= 11 is 0. The summed E-state index contributed by atoms with van der Waals surface area (Å²) in [4.78, 5) is 18.5. The predicted molar refractivity (Wildman–Crippen MR) is 95.6 cm³/mol. The lowest BCUT2D eigenvalue weighted by Gasteiger charge is -2.31. The Balaban J connectivity index is 2.04. The first-order valence-corrected chi connectivity index (χ1v) is 9.28. The monoisotopic (exact) mass is 333 g/mol. The molecule has 2 unspecified atom stereocenters. The van der Waals surface area contributed by atoms with Crippen molar-refractivity contribution in [2.24, 2.45) is 5.92 Å². The highest BCUT2D eigenvalue weighted by Gasteiger charge is 2.40. The van der Waals surface area contributed by atoms with Crippen LogP contribution in [0.5, 0.6) is 0 Å². The Morgan fingerprint density at radius 1 is 1.25 bits per heavy atom. The molecule has 5 nitrogen and oxygen atoms in total. The van der Waals surface area contributed by atoms with Crippen LogP contribution in [0.3, 0.4) is 0 Å². The van der Waals surface area contributed by atoms with Gasteiger partial charge in [-0.1, -0.05) is 40.0 Å². The third-order valence-electron chi connectivity index (χ3n) is 5.07. The third-order valence-corrected chi connectivity index (χ3v) is 5.07. The van der Waals surface area contributed by atoms with Crippen molar-refractivity contribution in [1.82, 2.24) is 14.5 Å². The van der Waals surface area contributed by atoms with Crippen LogP contribution in [0.4, 0.5) is 0 Å². The number of aliphatic hydroxyl groups is 1. The fourth-order valence-corrected chi connectivity index (χ4v) is 3.52. The molecule has 1 N–H and O–H groups in total. The van der Waals surface area contributed by atoms with Crippen molar-refractivity contribution in [1.29, 1.82) is 0 Å². The number of carbonyl (C=O) groups is 1. The van der Waals surface area contributed by atoms with Gasteiger partial charge in [0.15, 0.2) is 5.76 Å². The van der Waals surface area contributed by atoms with Crippen LogP contribution in [0.25, 0.3) is 0 Å². The minimum atomic E-state index is -0.183. The normalized spacial score (nSPS) is 19.4. The molecule has 0 saturated carbocycles. The Hall–Kier alpha value is -1.78. The molecule has 1 aromatic rings. The minimum Gasteiger partial charge on any atom is -0.503 e. The van der Waals surface area contributed by atoms with Crippen molar-refractivity contribution in [3.05, 3.63) is 30.1 Å². The molecular weight excluding hydrogens is 302 g/mol. The van der Waals surface area contributed by atoms with Crippen molar-refractivity contribution in [2.45, 2.75) is 71.9 Å². The highest BCUT2D eigenvalue weighted by Crippen LogP contribution is 2.34. The second kappa shape index (κ2) is 8.90. The van der Waals surface area contributed by atoms with Gasteiger partial charge in [0.1, 0.15) is 0 Å². The quantitative estimate of drug-likeness (QED) is 0.660. The maximum absolute atomic E-state index is 12.6. The maximum atomic E-state index is 12.6. The first-order valence-electron chi connectivity index (χ1n) is 9.28. The van der Waals surface area contributed by atoms with Gasteiger partial charge in [0.05, 0.1) is 12.4 Å². The van der Waals surface area contributed by atoms with Crippen LogP contribution in [0.2, 0.25) is 0 Å². The summed E-state index contributed by atoms with van der Waals surface area (Å²) in [7, 11) is 0. The van der Waals surface area contributed by atoms with Gasteiger partial charge in [0.2, 0.25) is 0 Å². The molecule has 1 aliphatic heterocycles. The molecule has 2 atom stereocenters. The summed E-state index contributed by atoms with van der Waals surface area (Å²) < 4.78 is 2.02. The number of unbranched alkanes of at least 4 members (excludes halogenated alkanes) is 2. The highest BCUT2D eigenvalue weighted by molar-refractivity contribution is 5.95. The fourth-order valence-electron chi connectivity index (χ4n) is 3.52. The molecule has 0 fully saturated rings. The van der Waals surface area contributed by atoms with Crippen LogP contribution in [0.15, 0.2) is 30.1 Å². The standard InChI is InChI=1S/C19H31N3O2/c1-4-6-7-9-16-17(15(3)5-2)22(19(24)18(16)23)12-8-11-21-13-10-20-14-21/h10,13-15,17,23H,4-9,11-12H2,1-3H3. The highest BCUT2D eigenvalue weighted by atomic mass is 16.3. The van der Waals surface area contributed by atoms with Crippen LogP contribution in [-0.4, -0.2) is 38.1 Å². The number of rotatable bonds is 10. The molecule has 1 aliphatic rings. The molecule has 0 radical (unpaired) electrons. The summed E-state index contributed by atoms with van der Waals surface area (Å²) in [6.07, 6.45) is 11.5. The Labute approximate surface area is 145 Å². The van der Waals surface area contributed by atoms with E-state index in [1.54, 1.807) is 12.5 Å². The smallest absolute Gasteiger partial charge is 0.289 e. The van der Waals surface area contributed by atoms with Crippen molar-refractivity contribution in [3.8, 4) is 0 Å². The molecule has 5 heteroatoms. The topological polar surface area (TPSA) is 58.4 Å². The van der Waals surface area contributed by atoms with E-state index in [0.717, 1.165) is 50.6 Å². The van der Waals surface area contributed by atoms with E-state index < -0.39 is 0 Å². The number of imidazole rings is 1. The Morgan fingerprint density at radius 2 is 2.04 bits per heavy atom. The number of aliphatic hydroxyl groups excluding tert-OH is 1. The Bertz CT molecular complexity index is 551. The molecule has 24 heavy (non-hydrogen) atoms. The van der Waals surface area contributed by atoms with E-state index in [-0.39, 0.29) is 17.7 Å². The lowest BCUT2D eigenvalue weighted by Crippen LogP contribution is -2.40. The van der Waals surface area contributed by atoms with E-state index in [2.05, 4.69) is 25.8 Å². The Kier molecular flexibility index (Phi) is 6.88. The van der Waals surface area contributed by atoms with Crippen LogP contribution in [0.1, 0.15) is 59.3 Å². The zero-order chi connectivity index (χ0) is 17.5. The number of carbonyl (C=O) groups excluding carboxylic acids is 1.